The summed E-state index contributed by atoms with van der Waals surface area (Å²) < 4.78 is 0. The van der Waals surface area contributed by atoms with Crippen LogP contribution in [0.25, 0.3) is 0 Å². The van der Waals surface area contributed by atoms with Crippen LogP contribution in [0.2, 0.25) is 0 Å². The summed E-state index contributed by atoms with van der Waals surface area (Å²) in [5, 5.41) is 6.83. The number of benzene rings is 1. The summed E-state index contributed by atoms with van der Waals surface area (Å²) in [6.45, 7) is 5.04. The van der Waals surface area contributed by atoms with E-state index in [4.69, 9.17) is 0 Å². The van der Waals surface area contributed by atoms with Crippen LogP contribution in [-0.2, 0) is 6.42 Å². The van der Waals surface area contributed by atoms with E-state index in [2.05, 4.69) is 29.7 Å². The van der Waals surface area contributed by atoms with Crippen molar-refractivity contribution < 1.29 is 4.79 Å². The van der Waals surface area contributed by atoms with Gasteiger partial charge in [0, 0.05) is 17.3 Å². The van der Waals surface area contributed by atoms with E-state index in [1.807, 2.05) is 19.1 Å². The lowest BCUT2D eigenvalue weighted by atomic mass is 9.97. The minimum atomic E-state index is -0.121. The molecule has 1 aromatic carbocycles. The normalized spacial score (nSPS) is 21.3. The van der Waals surface area contributed by atoms with Crippen LogP contribution in [0, 0.1) is 0 Å². The lowest BCUT2D eigenvalue weighted by Gasteiger charge is -2.16. The van der Waals surface area contributed by atoms with Gasteiger partial charge in [0.1, 0.15) is 0 Å². The molecule has 124 valence electrons. The van der Waals surface area contributed by atoms with Gasteiger partial charge in [-0.2, -0.15) is 0 Å². The first-order valence-corrected chi connectivity index (χ1v) is 8.98. The highest BCUT2D eigenvalue weighted by Crippen LogP contribution is 2.27. The molecule has 0 saturated carbocycles. The first kappa shape index (κ1) is 16.3. The summed E-state index contributed by atoms with van der Waals surface area (Å²) >= 11 is 0. The highest BCUT2D eigenvalue weighted by Gasteiger charge is 2.20. The molecule has 3 heteroatoms. The van der Waals surface area contributed by atoms with Crippen LogP contribution < -0.4 is 10.6 Å². The second-order valence-electron chi connectivity index (χ2n) is 7.02. The smallest absolute Gasteiger partial charge is 0.179 e. The van der Waals surface area contributed by atoms with Crippen LogP contribution in [0.4, 0.5) is 5.69 Å². The largest absolute Gasteiger partial charge is 0.382 e. The molecule has 1 aliphatic carbocycles. The summed E-state index contributed by atoms with van der Waals surface area (Å²) in [6.07, 6.45) is 9.58. The molecule has 1 aliphatic heterocycles. The van der Waals surface area contributed by atoms with E-state index < -0.39 is 0 Å². The molecule has 3 rings (SSSR count). The average molecular weight is 312 g/mol. The monoisotopic (exact) mass is 312 g/mol. The third-order valence-corrected chi connectivity index (χ3v) is 4.99. The van der Waals surface area contributed by atoms with Crippen molar-refractivity contribution in [2.75, 3.05) is 11.9 Å². The van der Waals surface area contributed by atoms with Gasteiger partial charge in [0.15, 0.2) is 5.78 Å². The molecule has 0 aromatic heterocycles. The summed E-state index contributed by atoms with van der Waals surface area (Å²) in [5.74, 6) is 0.199. The molecule has 0 amide bonds. The Labute approximate surface area is 139 Å². The zero-order valence-corrected chi connectivity index (χ0v) is 14.3. The molecule has 0 radical (unpaired) electrons. The number of Topliss-reactive ketones (excluding diaryl/α,β-unsaturated/α-hetero) is 1. The SMILES string of the molecule is CC1Cc2cc(C(=O)C(C)NCCC3=CCCCC3)ccc2N1. The van der Waals surface area contributed by atoms with Gasteiger partial charge in [-0.15, -0.1) is 0 Å². The van der Waals surface area contributed by atoms with Crippen molar-refractivity contribution in [3.63, 3.8) is 0 Å². The lowest BCUT2D eigenvalue weighted by molar-refractivity contribution is 0.0951. The quantitative estimate of drug-likeness (QED) is 0.614. The number of rotatable bonds is 6. The number of carbonyl (C=O) groups excluding carboxylic acids is 1. The molecule has 2 unspecified atom stereocenters. The Kier molecular flexibility index (Phi) is 5.16. The molecule has 23 heavy (non-hydrogen) atoms. The van der Waals surface area contributed by atoms with E-state index in [1.165, 1.54) is 36.9 Å². The maximum absolute atomic E-state index is 12.6. The van der Waals surface area contributed by atoms with E-state index in [0.29, 0.717) is 6.04 Å². The maximum Gasteiger partial charge on any atom is 0.179 e. The van der Waals surface area contributed by atoms with Crippen molar-refractivity contribution in [1.82, 2.24) is 5.32 Å². The topological polar surface area (TPSA) is 41.1 Å². The predicted octanol–water partition coefficient (Wildman–Crippen LogP) is 4.09. The van der Waals surface area contributed by atoms with Crippen molar-refractivity contribution in [2.45, 2.75) is 64.5 Å². The minimum absolute atomic E-state index is 0.121. The van der Waals surface area contributed by atoms with Gasteiger partial charge in [-0.1, -0.05) is 11.6 Å². The zero-order valence-electron chi connectivity index (χ0n) is 14.3. The third kappa shape index (κ3) is 4.03. The van der Waals surface area contributed by atoms with Crippen molar-refractivity contribution in [3.8, 4) is 0 Å². The van der Waals surface area contributed by atoms with Crippen LogP contribution in [0.3, 0.4) is 0 Å². The molecule has 2 aliphatic rings. The van der Waals surface area contributed by atoms with Gasteiger partial charge in [-0.3, -0.25) is 4.79 Å². The number of fused-ring (bicyclic) bond motifs is 1. The second kappa shape index (κ2) is 7.31. The Hall–Kier alpha value is -1.61. The summed E-state index contributed by atoms with van der Waals surface area (Å²) in [7, 11) is 0. The first-order valence-electron chi connectivity index (χ1n) is 8.98. The molecule has 0 bridgehead atoms. The molecular weight excluding hydrogens is 284 g/mol. The molecule has 0 fully saturated rings. The predicted molar refractivity (Wildman–Crippen MR) is 96.2 cm³/mol. The molecule has 0 spiro atoms. The fourth-order valence-electron chi connectivity index (χ4n) is 3.63. The molecular formula is C20H28N2O. The van der Waals surface area contributed by atoms with E-state index in [9.17, 15) is 4.79 Å². The van der Waals surface area contributed by atoms with Crippen LogP contribution in [0.15, 0.2) is 29.8 Å². The number of allylic oxidation sites excluding steroid dienone is 1. The first-order chi connectivity index (χ1) is 11.1. The summed E-state index contributed by atoms with van der Waals surface area (Å²) in [4.78, 5) is 12.6. The maximum atomic E-state index is 12.6. The van der Waals surface area contributed by atoms with Gasteiger partial charge in [0.05, 0.1) is 6.04 Å². The number of ketones is 1. The Bertz CT molecular complexity index is 606. The highest BCUT2D eigenvalue weighted by atomic mass is 16.1. The average Bonchev–Trinajstić information content (AvgIpc) is 2.94. The van der Waals surface area contributed by atoms with Gasteiger partial charge < -0.3 is 10.6 Å². The highest BCUT2D eigenvalue weighted by molar-refractivity contribution is 6.00. The Morgan fingerprint density at radius 3 is 3.04 bits per heavy atom. The second-order valence-corrected chi connectivity index (χ2v) is 7.02. The van der Waals surface area contributed by atoms with Gasteiger partial charge in [-0.05, 0) is 82.7 Å². The third-order valence-electron chi connectivity index (χ3n) is 4.99. The van der Waals surface area contributed by atoms with Crippen LogP contribution >= 0.6 is 0 Å². The minimum Gasteiger partial charge on any atom is -0.382 e. The summed E-state index contributed by atoms with van der Waals surface area (Å²) in [5.41, 5.74) is 4.83. The van der Waals surface area contributed by atoms with Gasteiger partial charge in [-0.25, -0.2) is 0 Å². The standard InChI is InChI=1S/C20H28N2O/c1-14-12-18-13-17(8-9-19(18)22-14)20(23)15(2)21-11-10-16-6-4-3-5-7-16/h6,8-9,13-15,21-22H,3-5,7,10-12H2,1-2H3. The Morgan fingerprint density at radius 2 is 2.26 bits per heavy atom. The van der Waals surface area contributed by atoms with Gasteiger partial charge >= 0.3 is 0 Å². The molecule has 1 heterocycles. The molecule has 1 aromatic rings. The van der Waals surface area contributed by atoms with Crippen molar-refractivity contribution >= 4 is 11.5 Å². The fourth-order valence-corrected chi connectivity index (χ4v) is 3.63. The number of nitrogens with one attached hydrogen (secondary N) is 2. The number of hydrogen-bond acceptors (Lipinski definition) is 3. The van der Waals surface area contributed by atoms with Crippen LogP contribution in [-0.4, -0.2) is 24.4 Å². The molecule has 0 saturated heterocycles. The number of carbonyl (C=O) groups is 1. The van der Waals surface area contributed by atoms with Crippen molar-refractivity contribution in [3.05, 3.63) is 41.0 Å². The molecule has 2 atom stereocenters. The van der Waals surface area contributed by atoms with Crippen LogP contribution in [0.1, 0.15) is 61.9 Å². The van der Waals surface area contributed by atoms with E-state index in [1.54, 1.807) is 5.57 Å². The summed E-state index contributed by atoms with van der Waals surface area (Å²) in [6, 6.07) is 6.41. The lowest BCUT2D eigenvalue weighted by Crippen LogP contribution is -2.34. The van der Waals surface area contributed by atoms with Crippen molar-refractivity contribution in [1.29, 1.82) is 0 Å². The fraction of sp³-hybridized carbons (Fsp3) is 0.550. The van der Waals surface area contributed by atoms with E-state index in [-0.39, 0.29) is 11.8 Å². The Balaban J connectivity index is 1.53. The Morgan fingerprint density at radius 1 is 1.39 bits per heavy atom. The van der Waals surface area contributed by atoms with Gasteiger partial charge in [0.25, 0.3) is 0 Å². The zero-order chi connectivity index (χ0) is 16.2. The van der Waals surface area contributed by atoms with E-state index >= 15 is 0 Å². The van der Waals surface area contributed by atoms with E-state index in [0.717, 1.165) is 24.9 Å². The molecule has 3 nitrogen and oxygen atoms in total. The van der Waals surface area contributed by atoms with Crippen molar-refractivity contribution in [2.24, 2.45) is 0 Å². The number of anilines is 1. The number of hydrogen-bond donors (Lipinski definition) is 2. The molecule has 2 N–H and O–H groups in total. The van der Waals surface area contributed by atoms with Gasteiger partial charge in [0.2, 0.25) is 0 Å². The van der Waals surface area contributed by atoms with Crippen LogP contribution in [0.5, 0.6) is 0 Å².